The number of rotatable bonds is 10. The van der Waals surface area contributed by atoms with E-state index in [1.165, 1.54) is 13.0 Å². The van der Waals surface area contributed by atoms with Crippen LogP contribution in [0, 0.1) is 25.7 Å². The van der Waals surface area contributed by atoms with Crippen LogP contribution in [0.1, 0.15) is 67.3 Å². The number of aliphatic hydroxyl groups is 2. The Bertz CT molecular complexity index is 1240. The summed E-state index contributed by atoms with van der Waals surface area (Å²) in [5, 5.41) is 28.0. The zero-order chi connectivity index (χ0) is 30.5. The molecule has 0 saturated heterocycles. The van der Waals surface area contributed by atoms with Crippen LogP contribution in [0.3, 0.4) is 0 Å². The number of benzene rings is 2. The molecule has 3 N–H and O–H groups in total. The maximum atomic E-state index is 13.0. The fourth-order valence-electron chi connectivity index (χ4n) is 4.46. The van der Waals surface area contributed by atoms with E-state index in [-0.39, 0.29) is 25.0 Å². The first-order chi connectivity index (χ1) is 18.4. The van der Waals surface area contributed by atoms with Crippen LogP contribution in [0.5, 0.6) is 5.75 Å². The summed E-state index contributed by atoms with van der Waals surface area (Å²) >= 11 is 0. The molecule has 1 atom stereocenters. The Morgan fingerprint density at radius 2 is 1.45 bits per heavy atom. The summed E-state index contributed by atoms with van der Waals surface area (Å²) in [7, 11) is 0. The zero-order valence-electron chi connectivity index (χ0n) is 22.5. The van der Waals surface area contributed by atoms with Crippen molar-refractivity contribution in [3.8, 4) is 17.6 Å². The fourth-order valence-corrected chi connectivity index (χ4v) is 4.46. The zero-order valence-corrected chi connectivity index (χ0v) is 22.5. The van der Waals surface area contributed by atoms with Gasteiger partial charge in [0.05, 0.1) is 6.10 Å². The van der Waals surface area contributed by atoms with E-state index in [9.17, 15) is 41.4 Å². The summed E-state index contributed by atoms with van der Waals surface area (Å²) in [5.41, 5.74) is -3.02. The Morgan fingerprint density at radius 1 is 0.925 bits per heavy atom. The standard InChI is InChI=1S/C29H32F6O5/c1-5-26(6-2,22-9-11-24(19(4)16-22)40-17-23(36)10-12-25(37)38)21-8-7-20(18(3)15-21)13-14-27(39,28(30,31)32)29(33,34)35/h7-9,11,15-16,23,36,39H,5-6,10,12,17H2,1-4H3,(H,37,38)/t23-/m1/s1. The van der Waals surface area contributed by atoms with Gasteiger partial charge in [-0.05, 0) is 73.4 Å². The SMILES string of the molecule is CCC(CC)(c1ccc(C#CC(O)(C(F)(F)F)C(F)(F)F)c(C)c1)c1ccc(OC[C@H](O)CCC(=O)O)c(C)c1. The monoisotopic (exact) mass is 574 g/mol. The molecule has 0 heterocycles. The molecule has 0 aliphatic heterocycles. The minimum atomic E-state index is -6.03. The van der Waals surface area contributed by atoms with Gasteiger partial charge in [-0.25, -0.2) is 0 Å². The van der Waals surface area contributed by atoms with Crippen LogP contribution in [-0.4, -0.2) is 52.0 Å². The highest BCUT2D eigenvalue weighted by molar-refractivity contribution is 5.66. The molecule has 2 aromatic carbocycles. The van der Waals surface area contributed by atoms with Crippen molar-refractivity contribution < 1.29 is 51.2 Å². The van der Waals surface area contributed by atoms with Crippen molar-refractivity contribution in [2.24, 2.45) is 0 Å². The first kappa shape index (κ1) is 33.0. The quantitative estimate of drug-likeness (QED) is 0.232. The average Bonchev–Trinajstić information content (AvgIpc) is 2.86. The summed E-state index contributed by atoms with van der Waals surface area (Å²) < 4.78 is 83.7. The molecule has 11 heteroatoms. The van der Waals surface area contributed by atoms with Crippen LogP contribution in [0.4, 0.5) is 26.3 Å². The molecule has 5 nitrogen and oxygen atoms in total. The molecular weight excluding hydrogens is 542 g/mol. The van der Waals surface area contributed by atoms with Gasteiger partial charge in [-0.2, -0.15) is 26.3 Å². The molecule has 2 rings (SSSR count). The smallest absolute Gasteiger partial charge is 0.438 e. The molecule has 0 spiro atoms. The minimum absolute atomic E-state index is 0.0483. The lowest BCUT2D eigenvalue weighted by atomic mass is 9.70. The van der Waals surface area contributed by atoms with Crippen molar-refractivity contribution >= 4 is 5.97 Å². The highest BCUT2D eigenvalue weighted by Gasteiger charge is 2.70. The van der Waals surface area contributed by atoms with Gasteiger partial charge < -0.3 is 20.1 Å². The Balaban J connectivity index is 2.41. The molecule has 0 aromatic heterocycles. The number of alkyl halides is 6. The molecule has 0 aliphatic carbocycles. The van der Waals surface area contributed by atoms with E-state index >= 15 is 0 Å². The van der Waals surface area contributed by atoms with Gasteiger partial charge in [0.2, 0.25) is 0 Å². The van der Waals surface area contributed by atoms with E-state index in [1.807, 2.05) is 38.8 Å². The van der Waals surface area contributed by atoms with E-state index in [0.717, 1.165) is 22.6 Å². The number of aliphatic hydroxyl groups excluding tert-OH is 1. The van der Waals surface area contributed by atoms with Gasteiger partial charge >= 0.3 is 23.9 Å². The fraction of sp³-hybridized carbons (Fsp3) is 0.483. The first-order valence-corrected chi connectivity index (χ1v) is 12.6. The maximum Gasteiger partial charge on any atom is 0.438 e. The second kappa shape index (κ2) is 12.5. The third-order valence-corrected chi connectivity index (χ3v) is 7.03. The second-order valence-corrected chi connectivity index (χ2v) is 9.65. The third kappa shape index (κ3) is 7.09. The van der Waals surface area contributed by atoms with Crippen molar-refractivity contribution in [1.82, 2.24) is 0 Å². The molecule has 0 bridgehead atoms. The van der Waals surface area contributed by atoms with Crippen molar-refractivity contribution in [3.63, 3.8) is 0 Å². The number of ether oxygens (including phenoxy) is 1. The Kier molecular flexibility index (Phi) is 10.3. The lowest BCUT2D eigenvalue weighted by molar-refractivity contribution is -0.343. The summed E-state index contributed by atoms with van der Waals surface area (Å²) in [6.45, 7) is 7.15. The van der Waals surface area contributed by atoms with Gasteiger partial charge in [0, 0.05) is 17.4 Å². The van der Waals surface area contributed by atoms with E-state index in [4.69, 9.17) is 9.84 Å². The molecule has 2 aromatic rings. The minimum Gasteiger partial charge on any atom is -0.491 e. The van der Waals surface area contributed by atoms with Gasteiger partial charge in [0.15, 0.2) is 0 Å². The number of aryl methyl sites for hydroxylation is 2. The Morgan fingerprint density at radius 3 is 1.90 bits per heavy atom. The van der Waals surface area contributed by atoms with Gasteiger partial charge in [-0.3, -0.25) is 4.79 Å². The summed E-state index contributed by atoms with van der Waals surface area (Å²) in [5.74, 6) is 2.34. The molecule has 40 heavy (non-hydrogen) atoms. The normalized spacial score (nSPS) is 13.4. The van der Waals surface area contributed by atoms with Crippen LogP contribution in [0.25, 0.3) is 0 Å². The highest BCUT2D eigenvalue weighted by atomic mass is 19.4. The topological polar surface area (TPSA) is 87.0 Å². The molecule has 0 amide bonds. The third-order valence-electron chi connectivity index (χ3n) is 7.03. The molecule has 0 radical (unpaired) electrons. The van der Waals surface area contributed by atoms with Crippen LogP contribution < -0.4 is 4.74 Å². The van der Waals surface area contributed by atoms with E-state index in [1.54, 1.807) is 18.2 Å². The van der Waals surface area contributed by atoms with Gasteiger partial charge in [0.25, 0.3) is 0 Å². The molecule has 0 saturated carbocycles. The summed E-state index contributed by atoms with van der Waals surface area (Å²) in [6, 6.07) is 10.1. The predicted molar refractivity (Wildman–Crippen MR) is 136 cm³/mol. The van der Waals surface area contributed by atoms with E-state index < -0.39 is 35.4 Å². The molecule has 0 unspecified atom stereocenters. The first-order valence-electron chi connectivity index (χ1n) is 12.6. The van der Waals surface area contributed by atoms with E-state index in [0.29, 0.717) is 24.2 Å². The van der Waals surface area contributed by atoms with Gasteiger partial charge in [0.1, 0.15) is 12.4 Å². The number of halogens is 6. The van der Waals surface area contributed by atoms with E-state index in [2.05, 4.69) is 0 Å². The van der Waals surface area contributed by atoms with Crippen molar-refractivity contribution in [1.29, 1.82) is 0 Å². The van der Waals surface area contributed by atoms with Crippen LogP contribution >= 0.6 is 0 Å². The number of hydrogen-bond acceptors (Lipinski definition) is 4. The molecule has 0 aliphatic rings. The Labute approximate surface area is 228 Å². The largest absolute Gasteiger partial charge is 0.491 e. The van der Waals surface area contributed by atoms with Crippen molar-refractivity contribution in [2.75, 3.05) is 6.61 Å². The highest BCUT2D eigenvalue weighted by Crippen LogP contribution is 2.43. The predicted octanol–water partition coefficient (Wildman–Crippen LogP) is 6.22. The maximum absolute atomic E-state index is 13.0. The van der Waals surface area contributed by atoms with Crippen molar-refractivity contribution in [3.05, 3.63) is 64.2 Å². The van der Waals surface area contributed by atoms with Crippen molar-refractivity contribution in [2.45, 2.75) is 82.9 Å². The molecular formula is C29H32F6O5. The number of carboxylic acid groups (broad SMARTS) is 1. The number of carboxylic acids is 1. The summed E-state index contributed by atoms with van der Waals surface area (Å²) in [6.07, 6.45) is -11.9. The lowest BCUT2D eigenvalue weighted by Gasteiger charge is -2.34. The second-order valence-electron chi connectivity index (χ2n) is 9.65. The average molecular weight is 575 g/mol. The number of hydrogen-bond donors (Lipinski definition) is 3. The molecule has 220 valence electrons. The number of carbonyl (C=O) groups is 1. The molecule has 0 fully saturated rings. The van der Waals surface area contributed by atoms with Gasteiger partial charge in [-0.15, -0.1) is 0 Å². The van der Waals surface area contributed by atoms with Gasteiger partial charge in [-0.1, -0.05) is 44.0 Å². The van der Waals surface area contributed by atoms with Crippen LogP contribution in [-0.2, 0) is 10.2 Å². The summed E-state index contributed by atoms with van der Waals surface area (Å²) in [4.78, 5) is 10.7. The van der Waals surface area contributed by atoms with Crippen LogP contribution in [0.2, 0.25) is 0 Å². The Hall–Kier alpha value is -3.23. The lowest BCUT2D eigenvalue weighted by Crippen LogP contribution is -2.55. The number of aliphatic carboxylic acids is 1. The van der Waals surface area contributed by atoms with Crippen LogP contribution in [0.15, 0.2) is 36.4 Å².